The molecule has 35 heavy (non-hydrogen) atoms. The predicted octanol–water partition coefficient (Wildman–Crippen LogP) is 1.43. The number of carbonyl (C=O) groups is 2. The minimum Gasteiger partial charge on any atom is -0.467 e. The van der Waals surface area contributed by atoms with Gasteiger partial charge in [-0.1, -0.05) is 0 Å². The molecular formula is C21H27F4N3O7. The lowest BCUT2D eigenvalue weighted by molar-refractivity contribution is -0.163. The smallest absolute Gasteiger partial charge is 0.332 e. The molecule has 0 amide bonds. The maximum Gasteiger partial charge on any atom is 0.332 e. The summed E-state index contributed by atoms with van der Waals surface area (Å²) < 4.78 is 75.8. The molecule has 1 saturated heterocycles. The predicted molar refractivity (Wildman–Crippen MR) is 113 cm³/mol. The van der Waals surface area contributed by atoms with E-state index in [-0.39, 0.29) is 5.56 Å². The van der Waals surface area contributed by atoms with Crippen LogP contribution in [0.25, 0.3) is 0 Å². The molecule has 2 aliphatic rings. The van der Waals surface area contributed by atoms with E-state index in [2.05, 4.69) is 20.7 Å². The second-order valence-electron chi connectivity index (χ2n) is 6.91. The fraction of sp³-hybridized carbons (Fsp3) is 0.571. The Labute approximate surface area is 199 Å². The first-order chi connectivity index (χ1) is 16.7. The molecule has 4 atom stereocenters. The summed E-state index contributed by atoms with van der Waals surface area (Å²) in [5, 5.41) is 7.00. The number of aliphatic hydroxyl groups excluding tert-OH is 1. The molecule has 1 aromatic rings. The molecule has 0 saturated carbocycles. The van der Waals surface area contributed by atoms with E-state index in [1.807, 2.05) is 0 Å². The largest absolute Gasteiger partial charge is 0.467 e. The second-order valence-corrected chi connectivity index (χ2v) is 6.91. The molecular weight excluding hydrogens is 482 g/mol. The summed E-state index contributed by atoms with van der Waals surface area (Å²) in [6, 6.07) is 0.294. The molecule has 0 spiro atoms. The highest BCUT2D eigenvalue weighted by Crippen LogP contribution is 2.56. The van der Waals surface area contributed by atoms with Gasteiger partial charge in [0.1, 0.15) is 25.4 Å². The Morgan fingerprint density at radius 1 is 0.886 bits per heavy atom. The summed E-state index contributed by atoms with van der Waals surface area (Å²) in [6.45, 7) is -1.09. The monoisotopic (exact) mass is 509 g/mol. The van der Waals surface area contributed by atoms with Crippen LogP contribution in [-0.4, -0.2) is 95.8 Å². The number of halogens is 4. The molecule has 2 unspecified atom stereocenters. The highest BCUT2D eigenvalue weighted by molar-refractivity contribution is 5.73. The average molecular weight is 509 g/mol. The quantitative estimate of drug-likeness (QED) is 0.201. The zero-order valence-electron chi connectivity index (χ0n) is 20.0. The van der Waals surface area contributed by atoms with Crippen LogP contribution in [0.5, 0.6) is 0 Å². The number of fused-ring (bicyclic) bond motifs is 5. The normalized spacial score (nSPS) is 21.5. The van der Waals surface area contributed by atoms with E-state index in [4.69, 9.17) is 19.3 Å². The van der Waals surface area contributed by atoms with Gasteiger partial charge in [-0.2, -0.15) is 0 Å². The topological polar surface area (TPSA) is 119 Å². The standard InChI is InChI=1S/C17H17F4NO6.C3H6N2.CH4O/c1-22-14-8-9(11(19)13(21)12(20)10(8)18)15(22)17(16(14)26-3)28-7(24)5-27-4-6(23)25-2;1-4-3-5-2;1-2/h14-17H,4-5H2,1-3H3;1-2H3;2H,1H3/t14-,15?,16+,17?;;/m0../s1. The number of likely N-dealkylation sites (N-methyl/N-ethyl adjacent to an activating group) is 1. The van der Waals surface area contributed by atoms with Crippen molar-refractivity contribution in [3.63, 3.8) is 0 Å². The number of benzene rings is 1. The van der Waals surface area contributed by atoms with Gasteiger partial charge in [-0.05, 0) is 7.05 Å². The lowest BCUT2D eigenvalue weighted by atomic mass is 9.86. The SMILES string of the molecule is CN=C=NC.CO.COC(=O)COCC(=O)OC1C2c3c(F)c(F)c(F)c(F)c3[C@@H]([C@H]1OC)N2C. The molecule has 0 aromatic heterocycles. The van der Waals surface area contributed by atoms with Gasteiger partial charge in [-0.15, -0.1) is 0 Å². The molecule has 1 aromatic carbocycles. The minimum atomic E-state index is -1.93. The third-order valence-electron chi connectivity index (χ3n) is 5.16. The number of carbonyl (C=O) groups excluding carboxylic acids is 2. The van der Waals surface area contributed by atoms with Gasteiger partial charge in [0.2, 0.25) is 0 Å². The molecule has 2 bridgehead atoms. The number of hydrogen-bond donors (Lipinski definition) is 1. The fourth-order valence-electron chi connectivity index (χ4n) is 3.93. The average Bonchev–Trinajstić information content (AvgIpc) is 3.30. The zero-order valence-corrected chi connectivity index (χ0v) is 20.0. The number of nitrogens with zero attached hydrogens (tertiary/aromatic N) is 3. The molecule has 1 N–H and O–H groups in total. The lowest BCUT2D eigenvalue weighted by Gasteiger charge is -2.30. The van der Waals surface area contributed by atoms with Crippen molar-refractivity contribution < 1.29 is 51.2 Å². The van der Waals surface area contributed by atoms with E-state index in [9.17, 15) is 27.2 Å². The molecule has 2 heterocycles. The van der Waals surface area contributed by atoms with Crippen LogP contribution >= 0.6 is 0 Å². The van der Waals surface area contributed by atoms with Crippen molar-refractivity contribution in [2.45, 2.75) is 24.3 Å². The van der Waals surface area contributed by atoms with E-state index >= 15 is 0 Å². The molecule has 14 heteroatoms. The molecule has 196 valence electrons. The number of rotatable bonds is 6. The highest BCUT2D eigenvalue weighted by atomic mass is 19.2. The van der Waals surface area contributed by atoms with Gasteiger partial charge in [-0.3, -0.25) is 4.90 Å². The van der Waals surface area contributed by atoms with Crippen LogP contribution in [0.4, 0.5) is 17.6 Å². The summed E-state index contributed by atoms with van der Waals surface area (Å²) in [5.41, 5.74) is -0.768. The van der Waals surface area contributed by atoms with E-state index in [0.717, 1.165) is 14.2 Å². The van der Waals surface area contributed by atoms with Crippen LogP contribution < -0.4 is 0 Å². The third kappa shape index (κ3) is 6.21. The van der Waals surface area contributed by atoms with Gasteiger partial charge in [0.25, 0.3) is 0 Å². The van der Waals surface area contributed by atoms with Crippen molar-refractivity contribution in [2.75, 3.05) is 55.7 Å². The number of hydrogen-bond acceptors (Lipinski definition) is 10. The second kappa shape index (κ2) is 13.9. The van der Waals surface area contributed by atoms with Crippen molar-refractivity contribution in [3.8, 4) is 0 Å². The first-order valence-corrected chi connectivity index (χ1v) is 9.97. The molecule has 2 aliphatic heterocycles. The summed E-state index contributed by atoms with van der Waals surface area (Å²) in [4.78, 5) is 31.3. The van der Waals surface area contributed by atoms with Gasteiger partial charge >= 0.3 is 11.9 Å². The van der Waals surface area contributed by atoms with E-state index in [1.165, 1.54) is 19.1 Å². The number of aliphatic hydroxyl groups is 1. The van der Waals surface area contributed by atoms with Crippen LogP contribution in [0, 0.1) is 23.3 Å². The number of methoxy groups -OCH3 is 2. The third-order valence-corrected chi connectivity index (χ3v) is 5.16. The molecule has 0 radical (unpaired) electrons. The maximum absolute atomic E-state index is 14.4. The molecule has 1 fully saturated rings. The van der Waals surface area contributed by atoms with Gasteiger partial charge in [0.15, 0.2) is 23.3 Å². The zero-order chi connectivity index (χ0) is 26.9. The number of esters is 2. The van der Waals surface area contributed by atoms with Gasteiger partial charge in [-0.25, -0.2) is 37.1 Å². The van der Waals surface area contributed by atoms with Gasteiger partial charge < -0.3 is 24.1 Å². The maximum atomic E-state index is 14.4. The Morgan fingerprint density at radius 3 is 1.74 bits per heavy atom. The van der Waals surface area contributed by atoms with Crippen LogP contribution in [0.2, 0.25) is 0 Å². The Kier molecular flexibility index (Phi) is 11.9. The van der Waals surface area contributed by atoms with Crippen molar-refractivity contribution >= 4 is 17.9 Å². The highest BCUT2D eigenvalue weighted by Gasteiger charge is 2.60. The summed E-state index contributed by atoms with van der Waals surface area (Å²) in [5.74, 6) is -8.48. The van der Waals surface area contributed by atoms with E-state index < -0.39 is 78.3 Å². The first kappa shape index (κ1) is 30.1. The van der Waals surface area contributed by atoms with Crippen LogP contribution in [0.3, 0.4) is 0 Å². The number of ether oxygens (including phenoxy) is 4. The van der Waals surface area contributed by atoms with Crippen molar-refractivity contribution in [3.05, 3.63) is 34.4 Å². The first-order valence-electron chi connectivity index (χ1n) is 9.97. The van der Waals surface area contributed by atoms with Crippen LogP contribution in [0.15, 0.2) is 9.98 Å². The minimum absolute atomic E-state index is 0.356. The van der Waals surface area contributed by atoms with Crippen LogP contribution in [0.1, 0.15) is 23.2 Å². The summed E-state index contributed by atoms with van der Waals surface area (Å²) in [6.07, 6.45) is -2.08. The van der Waals surface area contributed by atoms with E-state index in [1.54, 1.807) is 14.1 Å². The van der Waals surface area contributed by atoms with Gasteiger partial charge in [0.05, 0.1) is 25.2 Å². The number of aliphatic imine (C=N–C) groups is 2. The van der Waals surface area contributed by atoms with Crippen molar-refractivity contribution in [2.24, 2.45) is 9.98 Å². The summed E-state index contributed by atoms with van der Waals surface area (Å²) >= 11 is 0. The van der Waals surface area contributed by atoms with Gasteiger partial charge in [0, 0.05) is 39.4 Å². The van der Waals surface area contributed by atoms with Crippen molar-refractivity contribution in [1.29, 1.82) is 0 Å². The Hall–Kier alpha value is -2.90. The summed E-state index contributed by atoms with van der Waals surface area (Å²) in [7, 11) is 8.14. The Bertz CT molecular complexity index is 967. The lowest BCUT2D eigenvalue weighted by Crippen LogP contribution is -2.39. The van der Waals surface area contributed by atoms with Crippen LogP contribution in [-0.2, 0) is 28.5 Å². The van der Waals surface area contributed by atoms with E-state index in [0.29, 0.717) is 0 Å². The molecule has 10 nitrogen and oxygen atoms in total. The Morgan fingerprint density at radius 2 is 1.34 bits per heavy atom. The fourth-order valence-corrected chi connectivity index (χ4v) is 3.93. The molecule has 0 aliphatic carbocycles. The molecule has 3 rings (SSSR count). The Balaban J connectivity index is 0.000000779. The van der Waals surface area contributed by atoms with Crippen molar-refractivity contribution in [1.82, 2.24) is 4.90 Å².